The van der Waals surface area contributed by atoms with Gasteiger partial charge in [0.15, 0.2) is 11.5 Å². The summed E-state index contributed by atoms with van der Waals surface area (Å²) in [4.78, 5) is 30.4. The molecule has 3 atom stereocenters. The highest BCUT2D eigenvalue weighted by Gasteiger charge is 2.47. The van der Waals surface area contributed by atoms with Gasteiger partial charge in [0.2, 0.25) is 12.7 Å². The van der Waals surface area contributed by atoms with Crippen LogP contribution < -0.4 is 9.47 Å². The lowest BCUT2D eigenvalue weighted by Gasteiger charge is -2.31. The highest BCUT2D eigenvalue weighted by molar-refractivity contribution is 5.79. The summed E-state index contributed by atoms with van der Waals surface area (Å²) in [7, 11) is 0. The van der Waals surface area contributed by atoms with Crippen LogP contribution in [0.3, 0.4) is 0 Å². The van der Waals surface area contributed by atoms with Gasteiger partial charge < -0.3 is 24.2 Å². The summed E-state index contributed by atoms with van der Waals surface area (Å²) in [5, 5.41) is 10.4. The normalized spacial score (nSPS) is 23.9. The average Bonchev–Trinajstić information content (AvgIpc) is 3.52. The summed E-state index contributed by atoms with van der Waals surface area (Å²) in [6, 6.07) is 5.58. The van der Waals surface area contributed by atoms with Crippen molar-refractivity contribution < 1.29 is 28.9 Å². The Labute approximate surface area is 221 Å². The van der Waals surface area contributed by atoms with Crippen LogP contribution in [-0.4, -0.2) is 79.0 Å². The predicted octanol–water partition coefficient (Wildman–Crippen LogP) is 4.52. The smallest absolute Gasteiger partial charge is 0.308 e. The second-order valence-corrected chi connectivity index (χ2v) is 10.8. The van der Waals surface area contributed by atoms with Gasteiger partial charge in [0.25, 0.3) is 0 Å². The Hall–Kier alpha value is -2.32. The molecule has 4 rings (SSSR count). The minimum absolute atomic E-state index is 0.119. The van der Waals surface area contributed by atoms with E-state index in [0.717, 1.165) is 83.2 Å². The van der Waals surface area contributed by atoms with Crippen LogP contribution in [0.5, 0.6) is 11.5 Å². The maximum atomic E-state index is 13.5. The summed E-state index contributed by atoms with van der Waals surface area (Å²) in [5.74, 6) is 0.458. The monoisotopic (exact) mass is 516 g/mol. The van der Waals surface area contributed by atoms with Gasteiger partial charge >= 0.3 is 5.97 Å². The zero-order valence-electron chi connectivity index (χ0n) is 22.5. The van der Waals surface area contributed by atoms with Crippen molar-refractivity contribution in [2.45, 2.75) is 77.2 Å². The first-order valence-corrected chi connectivity index (χ1v) is 14.2. The Balaban J connectivity index is 1.55. The molecular formula is C29H44N2O6. The van der Waals surface area contributed by atoms with E-state index in [0.29, 0.717) is 24.0 Å². The van der Waals surface area contributed by atoms with Gasteiger partial charge in [0.05, 0.1) is 12.5 Å². The SMILES string of the molecule is CCCCN(CCCC)C(=O)CN1C[C@H](c2ccc3c(c2)OCO3)[C@@H](C(=O)O)[C@@H]1CCC1CCOCC1. The van der Waals surface area contributed by atoms with E-state index in [9.17, 15) is 14.7 Å². The molecule has 3 heterocycles. The number of benzene rings is 1. The van der Waals surface area contributed by atoms with Crippen molar-refractivity contribution in [2.75, 3.05) is 46.2 Å². The molecule has 3 aliphatic rings. The molecule has 1 aromatic rings. The highest BCUT2D eigenvalue weighted by atomic mass is 16.7. The van der Waals surface area contributed by atoms with E-state index in [1.165, 1.54) is 0 Å². The zero-order chi connectivity index (χ0) is 26.2. The molecule has 37 heavy (non-hydrogen) atoms. The largest absolute Gasteiger partial charge is 0.481 e. The molecule has 0 unspecified atom stereocenters. The third-order valence-corrected chi connectivity index (χ3v) is 8.32. The van der Waals surface area contributed by atoms with Gasteiger partial charge in [-0.25, -0.2) is 0 Å². The van der Waals surface area contributed by atoms with Gasteiger partial charge in [-0.15, -0.1) is 0 Å². The van der Waals surface area contributed by atoms with Crippen LogP contribution in [0.4, 0.5) is 0 Å². The van der Waals surface area contributed by atoms with Crippen LogP contribution in [0, 0.1) is 11.8 Å². The average molecular weight is 517 g/mol. The molecule has 0 aromatic heterocycles. The summed E-state index contributed by atoms with van der Waals surface area (Å²) in [5.41, 5.74) is 0.941. The Kier molecular flexibility index (Phi) is 10.1. The fraction of sp³-hybridized carbons (Fsp3) is 0.724. The molecule has 1 amide bonds. The first-order chi connectivity index (χ1) is 18.0. The quantitative estimate of drug-likeness (QED) is 0.412. The number of amides is 1. The summed E-state index contributed by atoms with van der Waals surface area (Å²) in [6.07, 6.45) is 7.85. The number of rotatable bonds is 13. The maximum absolute atomic E-state index is 13.5. The first kappa shape index (κ1) is 27.7. The van der Waals surface area contributed by atoms with E-state index in [-0.39, 0.29) is 31.2 Å². The Morgan fingerprint density at radius 3 is 2.41 bits per heavy atom. The number of nitrogens with zero attached hydrogens (tertiary/aromatic N) is 2. The van der Waals surface area contributed by atoms with E-state index >= 15 is 0 Å². The summed E-state index contributed by atoms with van der Waals surface area (Å²) < 4.78 is 16.6. The molecule has 0 bridgehead atoms. The number of carboxylic acid groups (broad SMARTS) is 1. The maximum Gasteiger partial charge on any atom is 0.308 e. The van der Waals surface area contributed by atoms with Crippen molar-refractivity contribution in [3.8, 4) is 11.5 Å². The molecule has 0 spiro atoms. The van der Waals surface area contributed by atoms with Crippen LogP contribution in [0.1, 0.15) is 76.7 Å². The van der Waals surface area contributed by atoms with Gasteiger partial charge in [0.1, 0.15) is 0 Å². The molecule has 3 aliphatic heterocycles. The van der Waals surface area contributed by atoms with E-state index in [1.807, 2.05) is 23.1 Å². The minimum atomic E-state index is -0.789. The van der Waals surface area contributed by atoms with Crippen LogP contribution in [-0.2, 0) is 14.3 Å². The lowest BCUT2D eigenvalue weighted by molar-refractivity contribution is -0.144. The van der Waals surface area contributed by atoms with E-state index in [4.69, 9.17) is 14.2 Å². The lowest BCUT2D eigenvalue weighted by Crippen LogP contribution is -2.44. The van der Waals surface area contributed by atoms with Crippen molar-refractivity contribution in [3.63, 3.8) is 0 Å². The van der Waals surface area contributed by atoms with Gasteiger partial charge in [-0.3, -0.25) is 14.5 Å². The second-order valence-electron chi connectivity index (χ2n) is 10.8. The van der Waals surface area contributed by atoms with E-state index in [1.54, 1.807) is 0 Å². The van der Waals surface area contributed by atoms with Crippen LogP contribution in [0.2, 0.25) is 0 Å². The number of carbonyl (C=O) groups is 2. The minimum Gasteiger partial charge on any atom is -0.481 e. The highest BCUT2D eigenvalue weighted by Crippen LogP contribution is 2.43. The van der Waals surface area contributed by atoms with Gasteiger partial charge in [-0.1, -0.05) is 32.8 Å². The number of carbonyl (C=O) groups excluding carboxylic acids is 1. The fourth-order valence-corrected chi connectivity index (χ4v) is 6.11. The Morgan fingerprint density at radius 2 is 1.73 bits per heavy atom. The van der Waals surface area contributed by atoms with Gasteiger partial charge in [-0.2, -0.15) is 0 Å². The molecule has 2 saturated heterocycles. The summed E-state index contributed by atoms with van der Waals surface area (Å²) in [6.45, 7) is 8.39. The molecule has 8 nitrogen and oxygen atoms in total. The third kappa shape index (κ3) is 6.96. The molecule has 8 heteroatoms. The lowest BCUT2D eigenvalue weighted by atomic mass is 9.82. The van der Waals surface area contributed by atoms with E-state index in [2.05, 4.69) is 18.7 Å². The third-order valence-electron chi connectivity index (χ3n) is 8.32. The molecule has 206 valence electrons. The molecular weight excluding hydrogens is 472 g/mol. The number of hydrogen-bond donors (Lipinski definition) is 1. The molecule has 2 fully saturated rings. The number of ether oxygens (including phenoxy) is 3. The first-order valence-electron chi connectivity index (χ1n) is 14.2. The summed E-state index contributed by atoms with van der Waals surface area (Å²) >= 11 is 0. The van der Waals surface area contributed by atoms with Crippen molar-refractivity contribution in [3.05, 3.63) is 23.8 Å². The van der Waals surface area contributed by atoms with Crippen LogP contribution in [0.25, 0.3) is 0 Å². The molecule has 0 radical (unpaired) electrons. The van der Waals surface area contributed by atoms with Crippen molar-refractivity contribution in [2.24, 2.45) is 11.8 Å². The fourth-order valence-electron chi connectivity index (χ4n) is 6.11. The van der Waals surface area contributed by atoms with Crippen molar-refractivity contribution >= 4 is 11.9 Å². The number of hydrogen-bond acceptors (Lipinski definition) is 6. The Bertz CT molecular complexity index is 894. The van der Waals surface area contributed by atoms with Crippen LogP contribution >= 0.6 is 0 Å². The molecule has 0 saturated carbocycles. The van der Waals surface area contributed by atoms with Crippen LogP contribution in [0.15, 0.2) is 18.2 Å². The number of aliphatic carboxylic acids is 1. The number of likely N-dealkylation sites (tertiary alicyclic amines) is 1. The molecule has 0 aliphatic carbocycles. The number of fused-ring (bicyclic) bond motifs is 1. The van der Waals surface area contributed by atoms with Gasteiger partial charge in [0, 0.05) is 44.8 Å². The molecule has 1 N–H and O–H groups in total. The Morgan fingerprint density at radius 1 is 1.03 bits per heavy atom. The topological polar surface area (TPSA) is 88.5 Å². The molecule has 1 aromatic carbocycles. The van der Waals surface area contributed by atoms with Crippen molar-refractivity contribution in [1.29, 1.82) is 0 Å². The predicted molar refractivity (Wildman–Crippen MR) is 141 cm³/mol. The van der Waals surface area contributed by atoms with E-state index < -0.39 is 11.9 Å². The van der Waals surface area contributed by atoms with Gasteiger partial charge in [-0.05, 0) is 62.1 Å². The van der Waals surface area contributed by atoms with Crippen molar-refractivity contribution in [1.82, 2.24) is 9.80 Å². The standard InChI is InChI=1S/C29H44N2O6/c1-3-5-13-30(14-6-4-2)27(32)19-31-18-23(22-8-10-25-26(17-22)37-20-36-25)28(29(33)34)24(31)9-7-21-11-15-35-16-12-21/h8,10,17,21,23-24,28H,3-7,9,11-16,18-20H2,1-2H3,(H,33,34)/t23-,24+,28-/m1/s1. The number of unbranched alkanes of at least 4 members (excludes halogenated alkanes) is 2. The zero-order valence-corrected chi connectivity index (χ0v) is 22.5. The number of carboxylic acids is 1. The second kappa shape index (κ2) is 13.5.